The molecule has 3 aromatic rings. The van der Waals surface area contributed by atoms with Crippen molar-refractivity contribution in [2.45, 2.75) is 56.1 Å². The molecule has 1 N–H and O–H groups in total. The molecule has 4 rings (SSSR count). The van der Waals surface area contributed by atoms with Crippen molar-refractivity contribution >= 4 is 23.4 Å². The quantitative estimate of drug-likeness (QED) is 0.203. The minimum absolute atomic E-state index is 0.0330. The fraction of sp³-hybridized carbons (Fsp3) is 0.375. The summed E-state index contributed by atoms with van der Waals surface area (Å²) in [5, 5.41) is 23.6. The zero-order chi connectivity index (χ0) is 23.0. The number of carbonyl (C=O) groups is 1. The molecule has 1 heterocycles. The molecule has 1 aliphatic rings. The lowest BCUT2D eigenvalue weighted by Gasteiger charge is -2.22. The number of hydrogen-bond donors (Lipinski definition) is 1. The van der Waals surface area contributed by atoms with Crippen molar-refractivity contribution in [3.05, 3.63) is 64.7 Å². The molecule has 9 heteroatoms. The third-order valence-corrected chi connectivity index (χ3v) is 6.75. The first-order chi connectivity index (χ1) is 16.1. The van der Waals surface area contributed by atoms with Gasteiger partial charge in [0.05, 0.1) is 4.92 Å². The average Bonchev–Trinajstić information content (AvgIpc) is 3.27. The van der Waals surface area contributed by atoms with Crippen LogP contribution in [0, 0.1) is 10.1 Å². The van der Waals surface area contributed by atoms with Crippen LogP contribution in [0.5, 0.6) is 0 Å². The second-order valence-electron chi connectivity index (χ2n) is 8.14. The van der Waals surface area contributed by atoms with Gasteiger partial charge in [0, 0.05) is 41.6 Å². The maximum absolute atomic E-state index is 12.3. The Bertz CT molecular complexity index is 1080. The smallest absolute Gasteiger partial charge is 0.269 e. The third-order valence-electron chi connectivity index (χ3n) is 5.73. The molecule has 172 valence electrons. The predicted octanol–water partition coefficient (Wildman–Crippen LogP) is 5.16. The summed E-state index contributed by atoms with van der Waals surface area (Å²) >= 11 is 1.55. The third kappa shape index (κ3) is 5.98. The first-order valence-electron chi connectivity index (χ1n) is 11.3. The number of nitro groups is 1. The number of carbonyl (C=O) groups excluding carboxylic acids is 1. The van der Waals surface area contributed by atoms with Gasteiger partial charge in [0.2, 0.25) is 5.91 Å². The van der Waals surface area contributed by atoms with E-state index in [9.17, 15) is 14.9 Å². The molecule has 0 saturated heterocycles. The summed E-state index contributed by atoms with van der Waals surface area (Å²) < 4.78 is 1.95. The Hall–Kier alpha value is -3.20. The lowest BCUT2D eigenvalue weighted by Crippen LogP contribution is -2.36. The van der Waals surface area contributed by atoms with E-state index in [0.717, 1.165) is 41.4 Å². The van der Waals surface area contributed by atoms with Gasteiger partial charge >= 0.3 is 0 Å². The number of thioether (sulfide) groups is 1. The molecule has 33 heavy (non-hydrogen) atoms. The SMILES string of the molecule is O=C(CCCSc1nnc(-c2ccc([N+](=O)[O-])cc2)n1-c1ccccc1)NC1CCCCC1. The Kier molecular flexibility index (Phi) is 7.72. The van der Waals surface area contributed by atoms with Crippen molar-refractivity contribution in [2.75, 3.05) is 5.75 Å². The number of non-ortho nitro benzene ring substituents is 1. The van der Waals surface area contributed by atoms with Gasteiger partial charge in [-0.3, -0.25) is 19.5 Å². The highest BCUT2D eigenvalue weighted by Gasteiger charge is 2.18. The Labute approximate surface area is 197 Å². The largest absolute Gasteiger partial charge is 0.353 e. The van der Waals surface area contributed by atoms with Gasteiger partial charge in [-0.2, -0.15) is 0 Å². The summed E-state index contributed by atoms with van der Waals surface area (Å²) in [6.45, 7) is 0. The molecule has 1 aromatic heterocycles. The fourth-order valence-electron chi connectivity index (χ4n) is 4.04. The fourth-order valence-corrected chi connectivity index (χ4v) is 4.93. The van der Waals surface area contributed by atoms with Crippen LogP contribution in [0.25, 0.3) is 17.1 Å². The summed E-state index contributed by atoms with van der Waals surface area (Å²) in [5.74, 6) is 1.48. The highest BCUT2D eigenvalue weighted by molar-refractivity contribution is 7.99. The lowest BCUT2D eigenvalue weighted by atomic mass is 9.95. The first kappa shape index (κ1) is 23.0. The highest BCUT2D eigenvalue weighted by atomic mass is 32.2. The van der Waals surface area contributed by atoms with E-state index in [0.29, 0.717) is 18.3 Å². The summed E-state index contributed by atoms with van der Waals surface area (Å²) in [7, 11) is 0. The molecule has 0 spiro atoms. The molecule has 0 radical (unpaired) electrons. The Morgan fingerprint density at radius 3 is 2.48 bits per heavy atom. The molecule has 1 amide bonds. The number of nitrogens with zero attached hydrogens (tertiary/aromatic N) is 4. The number of amides is 1. The van der Waals surface area contributed by atoms with Crippen LogP contribution in [0.3, 0.4) is 0 Å². The Morgan fingerprint density at radius 2 is 1.79 bits per heavy atom. The molecular weight excluding hydrogens is 438 g/mol. The molecule has 1 fully saturated rings. The molecule has 1 saturated carbocycles. The summed E-state index contributed by atoms with van der Waals surface area (Å²) in [6, 6.07) is 16.4. The number of nitrogens with one attached hydrogen (secondary N) is 1. The Morgan fingerprint density at radius 1 is 1.06 bits per heavy atom. The van der Waals surface area contributed by atoms with E-state index in [2.05, 4.69) is 15.5 Å². The molecule has 0 atom stereocenters. The van der Waals surface area contributed by atoms with E-state index in [1.807, 2.05) is 34.9 Å². The van der Waals surface area contributed by atoms with Gasteiger partial charge in [-0.1, -0.05) is 49.2 Å². The second-order valence-corrected chi connectivity index (χ2v) is 9.20. The van der Waals surface area contributed by atoms with Crippen molar-refractivity contribution in [2.24, 2.45) is 0 Å². The zero-order valence-corrected chi connectivity index (χ0v) is 19.2. The summed E-state index contributed by atoms with van der Waals surface area (Å²) in [6.07, 6.45) is 7.10. The molecule has 1 aliphatic carbocycles. The van der Waals surface area contributed by atoms with Gasteiger partial charge in [0.1, 0.15) is 0 Å². The van der Waals surface area contributed by atoms with Crippen LogP contribution in [0.2, 0.25) is 0 Å². The Balaban J connectivity index is 1.43. The number of para-hydroxylation sites is 1. The maximum Gasteiger partial charge on any atom is 0.269 e. The van der Waals surface area contributed by atoms with Gasteiger partial charge in [0.15, 0.2) is 11.0 Å². The van der Waals surface area contributed by atoms with E-state index in [-0.39, 0.29) is 11.6 Å². The van der Waals surface area contributed by atoms with Gasteiger partial charge in [-0.15, -0.1) is 10.2 Å². The molecular formula is C24H27N5O3S. The molecule has 0 aliphatic heterocycles. The number of rotatable bonds is 9. The van der Waals surface area contributed by atoms with Crippen molar-refractivity contribution in [3.8, 4) is 17.1 Å². The second kappa shape index (κ2) is 11.1. The van der Waals surface area contributed by atoms with E-state index in [4.69, 9.17) is 0 Å². The van der Waals surface area contributed by atoms with Crippen molar-refractivity contribution in [1.29, 1.82) is 0 Å². The van der Waals surface area contributed by atoms with Crippen LogP contribution in [-0.4, -0.2) is 37.4 Å². The van der Waals surface area contributed by atoms with Crippen molar-refractivity contribution in [3.63, 3.8) is 0 Å². The lowest BCUT2D eigenvalue weighted by molar-refractivity contribution is -0.384. The van der Waals surface area contributed by atoms with Gasteiger partial charge in [-0.05, 0) is 43.5 Å². The topological polar surface area (TPSA) is 103 Å². The van der Waals surface area contributed by atoms with Crippen LogP contribution in [0.1, 0.15) is 44.9 Å². The number of benzene rings is 2. The van der Waals surface area contributed by atoms with E-state index >= 15 is 0 Å². The molecule has 8 nitrogen and oxygen atoms in total. The van der Waals surface area contributed by atoms with Gasteiger partial charge in [0.25, 0.3) is 5.69 Å². The van der Waals surface area contributed by atoms with Gasteiger partial charge in [-0.25, -0.2) is 0 Å². The van der Waals surface area contributed by atoms with Crippen LogP contribution < -0.4 is 5.32 Å². The van der Waals surface area contributed by atoms with E-state index in [1.165, 1.54) is 31.4 Å². The summed E-state index contributed by atoms with van der Waals surface area (Å²) in [5.41, 5.74) is 1.69. The van der Waals surface area contributed by atoms with Crippen molar-refractivity contribution in [1.82, 2.24) is 20.1 Å². The first-order valence-corrected chi connectivity index (χ1v) is 12.3. The standard InChI is InChI=1S/C24H27N5O3S/c30-22(25-19-8-3-1-4-9-19)12-7-17-33-24-27-26-23(28(24)20-10-5-2-6-11-20)18-13-15-21(16-14-18)29(31)32/h2,5-6,10-11,13-16,19H,1,3-4,7-9,12,17H2,(H,25,30). The van der Waals surface area contributed by atoms with E-state index in [1.54, 1.807) is 23.9 Å². The van der Waals surface area contributed by atoms with Crippen molar-refractivity contribution < 1.29 is 9.72 Å². The maximum atomic E-state index is 12.3. The normalized spacial score (nSPS) is 14.2. The highest BCUT2D eigenvalue weighted by Crippen LogP contribution is 2.29. The minimum Gasteiger partial charge on any atom is -0.353 e. The van der Waals surface area contributed by atoms with E-state index < -0.39 is 4.92 Å². The van der Waals surface area contributed by atoms with Crippen LogP contribution in [0.15, 0.2) is 59.8 Å². The average molecular weight is 466 g/mol. The summed E-state index contributed by atoms with van der Waals surface area (Å²) in [4.78, 5) is 22.8. The molecule has 0 bridgehead atoms. The predicted molar refractivity (Wildman–Crippen MR) is 128 cm³/mol. The molecule has 0 unspecified atom stereocenters. The number of nitro benzene ring substituents is 1. The number of aromatic nitrogens is 3. The zero-order valence-electron chi connectivity index (χ0n) is 18.4. The minimum atomic E-state index is -0.419. The van der Waals surface area contributed by atoms with Gasteiger partial charge < -0.3 is 5.32 Å². The molecule has 2 aromatic carbocycles. The van der Waals surface area contributed by atoms with Crippen LogP contribution in [-0.2, 0) is 4.79 Å². The van der Waals surface area contributed by atoms with Crippen LogP contribution >= 0.6 is 11.8 Å². The monoisotopic (exact) mass is 465 g/mol. The van der Waals surface area contributed by atoms with Crippen LogP contribution in [0.4, 0.5) is 5.69 Å². The number of hydrogen-bond acceptors (Lipinski definition) is 6.